The van der Waals surface area contributed by atoms with E-state index in [-0.39, 0.29) is 5.75 Å². The van der Waals surface area contributed by atoms with Crippen LogP contribution in [0.15, 0.2) is 40.9 Å². The molecule has 18 heavy (non-hydrogen) atoms. The van der Waals surface area contributed by atoms with Gasteiger partial charge in [0.25, 0.3) is 0 Å². The molecule has 0 fully saturated rings. The van der Waals surface area contributed by atoms with Crippen LogP contribution in [0.25, 0.3) is 0 Å². The van der Waals surface area contributed by atoms with E-state index >= 15 is 0 Å². The number of nitrogens with one attached hydrogen (secondary N) is 1. The van der Waals surface area contributed by atoms with Crippen molar-refractivity contribution in [2.24, 2.45) is 0 Å². The van der Waals surface area contributed by atoms with Gasteiger partial charge in [0.15, 0.2) is 11.6 Å². The highest BCUT2D eigenvalue weighted by Crippen LogP contribution is 2.26. The first-order chi connectivity index (χ1) is 8.56. The maximum Gasteiger partial charge on any atom is 0.165 e. The molecule has 2 aromatic carbocycles. The summed E-state index contributed by atoms with van der Waals surface area (Å²) in [6.07, 6.45) is 0. The van der Waals surface area contributed by atoms with E-state index in [0.29, 0.717) is 11.6 Å². The van der Waals surface area contributed by atoms with Crippen molar-refractivity contribution >= 4 is 33.2 Å². The third kappa shape index (κ3) is 3.15. The van der Waals surface area contributed by atoms with Crippen LogP contribution in [0.2, 0.25) is 5.02 Å². The summed E-state index contributed by atoms with van der Waals surface area (Å²) in [5.41, 5.74) is 1.49. The lowest BCUT2D eigenvalue weighted by molar-refractivity contribution is 0.432. The lowest BCUT2D eigenvalue weighted by Gasteiger charge is -2.09. The summed E-state index contributed by atoms with van der Waals surface area (Å²) in [6, 6.07) is 9.72. The predicted molar refractivity (Wildman–Crippen MR) is 74.5 cm³/mol. The van der Waals surface area contributed by atoms with E-state index in [1.54, 1.807) is 12.1 Å². The summed E-state index contributed by atoms with van der Waals surface area (Å²) in [5, 5.41) is 12.8. The summed E-state index contributed by atoms with van der Waals surface area (Å²) in [4.78, 5) is 0. The zero-order chi connectivity index (χ0) is 13.1. The molecular formula is C13H10BrClFNO. The number of hydrogen-bond donors (Lipinski definition) is 2. The van der Waals surface area contributed by atoms with Crippen LogP contribution in [0, 0.1) is 5.82 Å². The van der Waals surface area contributed by atoms with Gasteiger partial charge in [-0.3, -0.25) is 0 Å². The molecule has 2 aromatic rings. The van der Waals surface area contributed by atoms with Crippen molar-refractivity contribution < 1.29 is 9.50 Å². The van der Waals surface area contributed by atoms with E-state index in [4.69, 9.17) is 16.7 Å². The molecule has 2 rings (SSSR count). The lowest BCUT2D eigenvalue weighted by atomic mass is 10.2. The molecule has 0 aromatic heterocycles. The largest absolute Gasteiger partial charge is 0.505 e. The van der Waals surface area contributed by atoms with Gasteiger partial charge in [-0.2, -0.15) is 0 Å². The smallest absolute Gasteiger partial charge is 0.165 e. The maximum absolute atomic E-state index is 13.1. The second kappa shape index (κ2) is 5.59. The van der Waals surface area contributed by atoms with Gasteiger partial charge >= 0.3 is 0 Å². The molecule has 0 radical (unpaired) electrons. The minimum Gasteiger partial charge on any atom is -0.505 e. The number of benzene rings is 2. The van der Waals surface area contributed by atoms with Crippen molar-refractivity contribution in [3.63, 3.8) is 0 Å². The Balaban J connectivity index is 2.11. The number of aromatic hydroxyl groups is 1. The van der Waals surface area contributed by atoms with Crippen molar-refractivity contribution in [1.82, 2.24) is 0 Å². The number of rotatable bonds is 3. The Morgan fingerprint density at radius 1 is 1.22 bits per heavy atom. The molecule has 5 heteroatoms. The quantitative estimate of drug-likeness (QED) is 0.864. The molecule has 0 heterocycles. The van der Waals surface area contributed by atoms with Crippen LogP contribution < -0.4 is 5.32 Å². The van der Waals surface area contributed by atoms with Crippen molar-refractivity contribution in [2.45, 2.75) is 6.54 Å². The Morgan fingerprint density at radius 2 is 2.00 bits per heavy atom. The third-order valence-electron chi connectivity index (χ3n) is 2.42. The number of hydrogen-bond acceptors (Lipinski definition) is 2. The van der Waals surface area contributed by atoms with Gasteiger partial charge in [0.2, 0.25) is 0 Å². The summed E-state index contributed by atoms with van der Waals surface area (Å²) < 4.78 is 14.0. The molecule has 0 amide bonds. The fourth-order valence-corrected chi connectivity index (χ4v) is 2.04. The fraction of sp³-hybridized carbons (Fsp3) is 0.0769. The van der Waals surface area contributed by atoms with E-state index in [9.17, 15) is 4.39 Å². The van der Waals surface area contributed by atoms with Gasteiger partial charge in [-0.05, 0) is 35.9 Å². The van der Waals surface area contributed by atoms with E-state index < -0.39 is 5.82 Å². The summed E-state index contributed by atoms with van der Waals surface area (Å²) >= 11 is 9.37. The maximum atomic E-state index is 13.1. The molecule has 0 saturated heterocycles. The van der Waals surface area contributed by atoms with E-state index in [2.05, 4.69) is 21.2 Å². The molecule has 2 N–H and O–H groups in total. The van der Waals surface area contributed by atoms with Crippen molar-refractivity contribution in [3.8, 4) is 5.75 Å². The van der Waals surface area contributed by atoms with Gasteiger partial charge in [0.1, 0.15) is 0 Å². The Bertz CT molecular complexity index is 577. The minimum absolute atomic E-state index is 0.348. The van der Waals surface area contributed by atoms with Gasteiger partial charge in [-0.1, -0.05) is 33.6 Å². The number of anilines is 1. The molecule has 0 atom stereocenters. The van der Waals surface area contributed by atoms with Crippen molar-refractivity contribution in [3.05, 3.63) is 57.3 Å². The van der Waals surface area contributed by atoms with E-state index in [0.717, 1.165) is 15.7 Å². The molecule has 94 valence electrons. The third-order valence-corrected chi connectivity index (χ3v) is 3.25. The van der Waals surface area contributed by atoms with Crippen molar-refractivity contribution in [1.29, 1.82) is 0 Å². The SMILES string of the molecule is Oc1ccc(CNc2cc(Br)ccc2Cl)cc1F. The van der Waals surface area contributed by atoms with E-state index in [1.807, 2.05) is 12.1 Å². The van der Waals surface area contributed by atoms with Crippen LogP contribution in [0.5, 0.6) is 5.75 Å². The molecule has 2 nitrogen and oxygen atoms in total. The Kier molecular flexibility index (Phi) is 4.09. The number of phenols is 1. The monoisotopic (exact) mass is 329 g/mol. The molecule has 0 unspecified atom stereocenters. The molecule has 0 aliphatic rings. The predicted octanol–water partition coefficient (Wildman–Crippen LogP) is 4.56. The summed E-state index contributed by atoms with van der Waals surface area (Å²) in [6.45, 7) is 0.424. The van der Waals surface area contributed by atoms with Crippen LogP contribution in [0.4, 0.5) is 10.1 Å². The molecule has 0 saturated carbocycles. The Labute approximate surface area is 118 Å². The van der Waals surface area contributed by atoms with Crippen molar-refractivity contribution in [2.75, 3.05) is 5.32 Å². The molecule has 0 aliphatic carbocycles. The first-order valence-corrected chi connectivity index (χ1v) is 6.39. The fourth-order valence-electron chi connectivity index (χ4n) is 1.49. The topological polar surface area (TPSA) is 32.3 Å². The van der Waals surface area contributed by atoms with Crippen LogP contribution in [-0.2, 0) is 6.54 Å². The molecule has 0 bridgehead atoms. The van der Waals surface area contributed by atoms with Gasteiger partial charge in [0.05, 0.1) is 10.7 Å². The van der Waals surface area contributed by atoms with Gasteiger partial charge < -0.3 is 10.4 Å². The minimum atomic E-state index is -0.630. The first-order valence-electron chi connectivity index (χ1n) is 5.22. The van der Waals surface area contributed by atoms with Crippen LogP contribution >= 0.6 is 27.5 Å². The first kappa shape index (κ1) is 13.2. The zero-order valence-corrected chi connectivity index (χ0v) is 11.6. The average Bonchev–Trinajstić information content (AvgIpc) is 2.34. The number of phenolic OH excluding ortho intramolecular Hbond substituents is 1. The highest BCUT2D eigenvalue weighted by Gasteiger charge is 2.04. The normalized spacial score (nSPS) is 10.4. The highest BCUT2D eigenvalue weighted by molar-refractivity contribution is 9.10. The summed E-state index contributed by atoms with van der Waals surface area (Å²) in [7, 11) is 0. The van der Waals surface area contributed by atoms with Crippen LogP contribution in [-0.4, -0.2) is 5.11 Å². The highest BCUT2D eigenvalue weighted by atomic mass is 79.9. The van der Waals surface area contributed by atoms with Crippen LogP contribution in [0.1, 0.15) is 5.56 Å². The number of halogens is 3. The van der Waals surface area contributed by atoms with Crippen LogP contribution in [0.3, 0.4) is 0 Å². The van der Waals surface area contributed by atoms with Gasteiger partial charge in [0, 0.05) is 11.0 Å². The molecule has 0 aliphatic heterocycles. The molecular weight excluding hydrogens is 321 g/mol. The Morgan fingerprint density at radius 3 is 2.72 bits per heavy atom. The average molecular weight is 331 g/mol. The second-order valence-corrected chi connectivity index (χ2v) is 5.09. The van der Waals surface area contributed by atoms with E-state index in [1.165, 1.54) is 12.1 Å². The zero-order valence-electron chi connectivity index (χ0n) is 9.25. The van der Waals surface area contributed by atoms with Gasteiger partial charge in [-0.15, -0.1) is 0 Å². The summed E-state index contributed by atoms with van der Waals surface area (Å²) in [5.74, 6) is -0.978. The Hall–Kier alpha value is -1.26. The lowest BCUT2D eigenvalue weighted by Crippen LogP contribution is -2.00. The second-order valence-electron chi connectivity index (χ2n) is 3.76. The van der Waals surface area contributed by atoms with Gasteiger partial charge in [-0.25, -0.2) is 4.39 Å². The standard InChI is InChI=1S/C13H10BrClFNO/c14-9-2-3-10(15)12(6-9)17-7-8-1-4-13(18)11(16)5-8/h1-6,17-18H,7H2. The molecule has 0 spiro atoms.